The van der Waals surface area contributed by atoms with Crippen molar-refractivity contribution in [2.24, 2.45) is 0 Å². The van der Waals surface area contributed by atoms with Gasteiger partial charge in [-0.3, -0.25) is 14.6 Å². The molecule has 5 nitrogen and oxygen atoms in total. The summed E-state index contributed by atoms with van der Waals surface area (Å²) in [6.07, 6.45) is 3.09. The molecule has 0 fully saturated rings. The number of carbonyl (C=O) groups is 2. The smallest absolute Gasteiger partial charge is 0.313 e. The van der Waals surface area contributed by atoms with Gasteiger partial charge in [-0.25, -0.2) is 0 Å². The number of carbonyl (C=O) groups excluding carboxylic acids is 2. The lowest BCUT2D eigenvalue weighted by Crippen LogP contribution is -2.44. The van der Waals surface area contributed by atoms with E-state index in [9.17, 15) is 9.59 Å². The number of amides is 2. The van der Waals surface area contributed by atoms with Crippen LogP contribution in [0.15, 0.2) is 48.8 Å². The predicted molar refractivity (Wildman–Crippen MR) is 95.0 cm³/mol. The van der Waals surface area contributed by atoms with Crippen molar-refractivity contribution in [3.63, 3.8) is 0 Å². The summed E-state index contributed by atoms with van der Waals surface area (Å²) in [5.41, 5.74) is 1.54. The molecule has 24 heavy (non-hydrogen) atoms. The zero-order chi connectivity index (χ0) is 17.7. The molecule has 0 aliphatic heterocycles. The van der Waals surface area contributed by atoms with Gasteiger partial charge in [-0.1, -0.05) is 30.7 Å². The summed E-state index contributed by atoms with van der Waals surface area (Å²) < 4.78 is 0. The molecule has 0 aliphatic rings. The van der Waals surface area contributed by atoms with Crippen LogP contribution in [0.25, 0.3) is 0 Å². The molecule has 1 heterocycles. The number of aromatic nitrogens is 1. The molecular weight excluding hydrogens is 326 g/mol. The number of halogens is 1. The van der Waals surface area contributed by atoms with E-state index < -0.39 is 11.8 Å². The number of rotatable bonds is 4. The van der Waals surface area contributed by atoms with E-state index in [-0.39, 0.29) is 12.0 Å². The average molecular weight is 346 g/mol. The number of nitrogens with zero attached hydrogens (tertiary/aromatic N) is 2. The van der Waals surface area contributed by atoms with Crippen LogP contribution in [-0.4, -0.2) is 34.8 Å². The highest BCUT2D eigenvalue weighted by Crippen LogP contribution is 2.24. The molecule has 0 saturated carbocycles. The van der Waals surface area contributed by atoms with E-state index in [1.54, 1.807) is 25.4 Å². The number of pyridine rings is 1. The fourth-order valence-corrected chi connectivity index (χ4v) is 2.47. The monoisotopic (exact) mass is 345 g/mol. The number of hydrogen-bond donors (Lipinski definition) is 1. The first-order valence-corrected chi connectivity index (χ1v) is 8.01. The van der Waals surface area contributed by atoms with Crippen molar-refractivity contribution >= 4 is 29.1 Å². The van der Waals surface area contributed by atoms with Gasteiger partial charge in [0.15, 0.2) is 0 Å². The molecule has 1 aromatic carbocycles. The van der Waals surface area contributed by atoms with Gasteiger partial charge in [0.1, 0.15) is 0 Å². The summed E-state index contributed by atoms with van der Waals surface area (Å²) in [5.74, 6) is -1.21. The van der Waals surface area contributed by atoms with Crippen LogP contribution in [0.4, 0.5) is 5.69 Å². The minimum absolute atomic E-state index is 0.0578. The topological polar surface area (TPSA) is 62.3 Å². The number of hydrogen-bond acceptors (Lipinski definition) is 3. The van der Waals surface area contributed by atoms with Crippen LogP contribution in [0.3, 0.4) is 0 Å². The van der Waals surface area contributed by atoms with Gasteiger partial charge < -0.3 is 10.2 Å². The molecule has 6 heteroatoms. The molecule has 0 radical (unpaired) electrons. The minimum atomic E-state index is -0.680. The maximum atomic E-state index is 12.4. The Morgan fingerprint density at radius 1 is 1.17 bits per heavy atom. The van der Waals surface area contributed by atoms with Crippen LogP contribution in [0.2, 0.25) is 5.02 Å². The molecule has 0 aliphatic carbocycles. The number of likely N-dealkylation sites (N-methyl/N-ethyl adjacent to an activating group) is 1. The van der Waals surface area contributed by atoms with E-state index in [1.807, 2.05) is 38.1 Å². The minimum Gasteiger partial charge on any atom is -0.334 e. The molecule has 2 amide bonds. The largest absolute Gasteiger partial charge is 0.334 e. The maximum absolute atomic E-state index is 12.4. The summed E-state index contributed by atoms with van der Waals surface area (Å²) in [4.78, 5) is 29.8. The SMILES string of the molecule is CC(c1ccc(Cl)cc1)C(C)N(C)C(=O)C(=O)Nc1cccnc1. The molecule has 126 valence electrons. The molecule has 1 N–H and O–H groups in total. The standard InChI is InChI=1S/C18H20ClN3O2/c1-12(14-6-8-15(19)9-7-14)13(2)22(3)18(24)17(23)21-16-5-4-10-20-11-16/h4-13H,1-3H3,(H,21,23). The Morgan fingerprint density at radius 2 is 1.83 bits per heavy atom. The molecule has 2 unspecified atom stereocenters. The highest BCUT2D eigenvalue weighted by molar-refractivity contribution is 6.39. The Bertz CT molecular complexity index is 704. The lowest BCUT2D eigenvalue weighted by Gasteiger charge is -2.29. The van der Waals surface area contributed by atoms with E-state index in [1.165, 1.54) is 11.1 Å². The van der Waals surface area contributed by atoms with Crippen molar-refractivity contribution in [3.05, 3.63) is 59.4 Å². The first-order valence-electron chi connectivity index (χ1n) is 7.63. The van der Waals surface area contributed by atoms with Crippen LogP contribution in [0, 0.1) is 0 Å². The summed E-state index contributed by atoms with van der Waals surface area (Å²) in [7, 11) is 1.63. The highest BCUT2D eigenvalue weighted by atomic mass is 35.5. The maximum Gasteiger partial charge on any atom is 0.313 e. The van der Waals surface area contributed by atoms with Crippen molar-refractivity contribution in [1.29, 1.82) is 0 Å². The first-order chi connectivity index (χ1) is 11.4. The van der Waals surface area contributed by atoms with E-state index >= 15 is 0 Å². The molecule has 0 spiro atoms. The van der Waals surface area contributed by atoms with E-state index in [2.05, 4.69) is 10.3 Å². The van der Waals surface area contributed by atoms with Gasteiger partial charge in [-0.05, 0) is 36.8 Å². The number of nitrogens with one attached hydrogen (secondary N) is 1. The van der Waals surface area contributed by atoms with Crippen molar-refractivity contribution in [2.45, 2.75) is 25.8 Å². The van der Waals surface area contributed by atoms with Crippen molar-refractivity contribution < 1.29 is 9.59 Å². The Hall–Kier alpha value is -2.40. The molecule has 0 saturated heterocycles. The zero-order valence-electron chi connectivity index (χ0n) is 13.9. The van der Waals surface area contributed by atoms with Crippen molar-refractivity contribution in [3.8, 4) is 0 Å². The van der Waals surface area contributed by atoms with Crippen LogP contribution in [0.1, 0.15) is 25.3 Å². The third kappa shape index (κ3) is 4.32. The summed E-state index contributed by atoms with van der Waals surface area (Å²) >= 11 is 5.90. The van der Waals surface area contributed by atoms with Crippen LogP contribution in [0.5, 0.6) is 0 Å². The fraction of sp³-hybridized carbons (Fsp3) is 0.278. The second-order valence-corrected chi connectivity index (χ2v) is 6.13. The third-order valence-electron chi connectivity index (χ3n) is 4.16. The van der Waals surface area contributed by atoms with Gasteiger partial charge in [-0.15, -0.1) is 0 Å². The first kappa shape index (κ1) is 17.9. The zero-order valence-corrected chi connectivity index (χ0v) is 14.6. The fourth-order valence-electron chi connectivity index (χ4n) is 2.35. The lowest BCUT2D eigenvalue weighted by molar-refractivity contribution is -0.143. The van der Waals surface area contributed by atoms with Crippen LogP contribution in [-0.2, 0) is 9.59 Å². The lowest BCUT2D eigenvalue weighted by atomic mass is 9.93. The van der Waals surface area contributed by atoms with Gasteiger partial charge in [0.2, 0.25) is 0 Å². The molecule has 0 bridgehead atoms. The predicted octanol–water partition coefficient (Wildman–Crippen LogP) is 3.32. The highest BCUT2D eigenvalue weighted by Gasteiger charge is 2.27. The van der Waals surface area contributed by atoms with Gasteiger partial charge in [0.25, 0.3) is 0 Å². The van der Waals surface area contributed by atoms with Gasteiger partial charge >= 0.3 is 11.8 Å². The molecule has 1 aromatic heterocycles. The Morgan fingerprint density at radius 3 is 2.42 bits per heavy atom. The van der Waals surface area contributed by atoms with E-state index in [4.69, 9.17) is 11.6 Å². The molecular formula is C18H20ClN3O2. The normalized spacial score (nSPS) is 13.0. The van der Waals surface area contributed by atoms with E-state index in [0.29, 0.717) is 10.7 Å². The summed E-state index contributed by atoms with van der Waals surface area (Å²) in [5, 5.41) is 3.22. The molecule has 2 aromatic rings. The quantitative estimate of drug-likeness (QED) is 0.864. The van der Waals surface area contributed by atoms with Gasteiger partial charge in [0, 0.05) is 30.2 Å². The summed E-state index contributed by atoms with van der Waals surface area (Å²) in [6.45, 7) is 3.92. The van der Waals surface area contributed by atoms with Crippen LogP contribution < -0.4 is 5.32 Å². The second-order valence-electron chi connectivity index (χ2n) is 5.69. The van der Waals surface area contributed by atoms with Gasteiger partial charge in [0.05, 0.1) is 11.9 Å². The Kier molecular flexibility index (Phi) is 5.93. The summed E-state index contributed by atoms with van der Waals surface area (Å²) in [6, 6.07) is 10.7. The Balaban J connectivity index is 2.03. The van der Waals surface area contributed by atoms with Crippen molar-refractivity contribution in [1.82, 2.24) is 9.88 Å². The Labute approximate surface area is 146 Å². The number of anilines is 1. The van der Waals surface area contributed by atoms with E-state index in [0.717, 1.165) is 5.56 Å². The second kappa shape index (κ2) is 7.93. The van der Waals surface area contributed by atoms with Crippen LogP contribution >= 0.6 is 11.6 Å². The average Bonchev–Trinajstić information content (AvgIpc) is 2.60. The molecule has 2 atom stereocenters. The molecule has 2 rings (SSSR count). The number of benzene rings is 1. The van der Waals surface area contributed by atoms with Gasteiger partial charge in [-0.2, -0.15) is 0 Å². The van der Waals surface area contributed by atoms with Crippen molar-refractivity contribution in [2.75, 3.05) is 12.4 Å². The third-order valence-corrected chi connectivity index (χ3v) is 4.42.